The molecule has 4 fully saturated rings. The molecule has 68 valence electrons. The molecule has 12 heavy (non-hydrogen) atoms. The minimum absolute atomic E-state index is 0.639. The Balaban J connectivity index is 1.55. The van der Waals surface area contributed by atoms with Crippen molar-refractivity contribution in [2.24, 2.45) is 5.92 Å². The van der Waals surface area contributed by atoms with Gasteiger partial charge in [0.25, 0.3) is 0 Å². The number of likely N-dealkylation sites (N-methyl/N-ethyl adjacent to an activating group) is 1. The van der Waals surface area contributed by atoms with Gasteiger partial charge < -0.3 is 10.2 Å². The largest absolute Gasteiger partial charge is 0.307 e. The molecular weight excluding hydrogens is 148 g/mol. The Hall–Kier alpha value is -0.0800. The molecule has 1 saturated heterocycles. The van der Waals surface area contributed by atoms with Gasteiger partial charge in [0, 0.05) is 18.1 Å². The van der Waals surface area contributed by atoms with Crippen LogP contribution in [0.25, 0.3) is 0 Å². The highest BCUT2D eigenvalue weighted by Crippen LogP contribution is 2.57. The lowest BCUT2D eigenvalue weighted by Gasteiger charge is -2.63. The minimum atomic E-state index is 0.639. The molecule has 0 unspecified atom stereocenters. The predicted molar refractivity (Wildman–Crippen MR) is 49.1 cm³/mol. The second kappa shape index (κ2) is 2.24. The van der Waals surface area contributed by atoms with Crippen molar-refractivity contribution in [1.82, 2.24) is 10.2 Å². The van der Waals surface area contributed by atoms with Gasteiger partial charge in [0.05, 0.1) is 0 Å². The monoisotopic (exact) mass is 166 g/mol. The van der Waals surface area contributed by atoms with Crippen molar-refractivity contribution >= 4 is 0 Å². The zero-order valence-electron chi connectivity index (χ0n) is 7.84. The van der Waals surface area contributed by atoms with E-state index in [2.05, 4.69) is 17.3 Å². The van der Waals surface area contributed by atoms with Crippen LogP contribution in [-0.2, 0) is 0 Å². The molecule has 2 bridgehead atoms. The van der Waals surface area contributed by atoms with E-state index in [0.29, 0.717) is 5.54 Å². The maximum absolute atomic E-state index is 3.85. The van der Waals surface area contributed by atoms with Gasteiger partial charge in [-0.15, -0.1) is 0 Å². The molecule has 0 radical (unpaired) electrons. The van der Waals surface area contributed by atoms with Crippen molar-refractivity contribution in [2.45, 2.75) is 37.3 Å². The van der Waals surface area contributed by atoms with Gasteiger partial charge >= 0.3 is 0 Å². The van der Waals surface area contributed by atoms with E-state index in [1.807, 2.05) is 0 Å². The van der Waals surface area contributed by atoms with Crippen molar-refractivity contribution < 1.29 is 0 Å². The zero-order valence-corrected chi connectivity index (χ0v) is 7.84. The maximum atomic E-state index is 3.85. The van der Waals surface area contributed by atoms with Crippen molar-refractivity contribution in [3.8, 4) is 0 Å². The SMILES string of the molecule is CN1CC[C@@H](NC23CC(C2)C3)C1. The Kier molecular flexibility index (Phi) is 1.37. The van der Waals surface area contributed by atoms with Gasteiger partial charge in [-0.05, 0) is 45.2 Å². The van der Waals surface area contributed by atoms with Gasteiger partial charge in [0.1, 0.15) is 0 Å². The van der Waals surface area contributed by atoms with Crippen molar-refractivity contribution in [1.29, 1.82) is 0 Å². The lowest BCUT2D eigenvalue weighted by Crippen LogP contribution is -2.69. The summed E-state index contributed by atoms with van der Waals surface area (Å²) < 4.78 is 0. The Bertz CT molecular complexity index is 185. The minimum Gasteiger partial charge on any atom is -0.307 e. The number of likely N-dealkylation sites (tertiary alicyclic amines) is 1. The summed E-state index contributed by atoms with van der Waals surface area (Å²) in [6.45, 7) is 2.56. The van der Waals surface area contributed by atoms with Crippen LogP contribution < -0.4 is 5.32 Å². The molecule has 4 rings (SSSR count). The first kappa shape index (κ1) is 7.34. The average molecular weight is 166 g/mol. The summed E-state index contributed by atoms with van der Waals surface area (Å²) in [5, 5.41) is 3.85. The second-order valence-electron chi connectivity index (χ2n) is 5.15. The highest BCUT2D eigenvalue weighted by molar-refractivity contribution is 5.15. The summed E-state index contributed by atoms with van der Waals surface area (Å²) in [7, 11) is 2.23. The van der Waals surface area contributed by atoms with E-state index in [1.165, 1.54) is 38.8 Å². The van der Waals surface area contributed by atoms with E-state index in [-0.39, 0.29) is 0 Å². The highest BCUT2D eigenvalue weighted by Gasteiger charge is 2.57. The Labute approximate surface area is 74.3 Å². The molecule has 1 heterocycles. The Morgan fingerprint density at radius 3 is 2.50 bits per heavy atom. The van der Waals surface area contributed by atoms with E-state index in [0.717, 1.165) is 12.0 Å². The molecule has 1 aliphatic heterocycles. The van der Waals surface area contributed by atoms with Crippen LogP contribution in [0, 0.1) is 5.92 Å². The van der Waals surface area contributed by atoms with E-state index >= 15 is 0 Å². The van der Waals surface area contributed by atoms with E-state index in [1.54, 1.807) is 0 Å². The number of rotatable bonds is 2. The van der Waals surface area contributed by atoms with Gasteiger partial charge in [0.15, 0.2) is 0 Å². The number of nitrogens with zero attached hydrogens (tertiary/aromatic N) is 1. The zero-order chi connectivity index (χ0) is 8.18. The molecule has 0 aromatic heterocycles. The second-order valence-corrected chi connectivity index (χ2v) is 5.15. The highest BCUT2D eigenvalue weighted by atomic mass is 15.2. The van der Waals surface area contributed by atoms with Crippen LogP contribution in [0.4, 0.5) is 0 Å². The number of hydrogen-bond donors (Lipinski definition) is 1. The van der Waals surface area contributed by atoms with Crippen LogP contribution in [0.15, 0.2) is 0 Å². The molecule has 3 saturated carbocycles. The summed E-state index contributed by atoms with van der Waals surface area (Å²) in [5.41, 5.74) is 0.639. The van der Waals surface area contributed by atoms with Gasteiger partial charge in [-0.3, -0.25) is 0 Å². The lowest BCUT2D eigenvalue weighted by atomic mass is 9.49. The summed E-state index contributed by atoms with van der Waals surface area (Å²) in [6, 6.07) is 0.802. The fourth-order valence-electron chi connectivity index (χ4n) is 3.14. The molecule has 0 aromatic carbocycles. The molecule has 2 heteroatoms. The van der Waals surface area contributed by atoms with E-state index in [4.69, 9.17) is 0 Å². The first-order valence-corrected chi connectivity index (χ1v) is 5.22. The quantitative estimate of drug-likeness (QED) is 0.654. The smallest absolute Gasteiger partial charge is 0.0212 e. The van der Waals surface area contributed by atoms with Gasteiger partial charge in [-0.25, -0.2) is 0 Å². The number of hydrogen-bond acceptors (Lipinski definition) is 2. The van der Waals surface area contributed by atoms with Crippen LogP contribution in [0.3, 0.4) is 0 Å². The van der Waals surface area contributed by atoms with Crippen molar-refractivity contribution in [3.63, 3.8) is 0 Å². The molecular formula is C10H18N2. The first-order chi connectivity index (χ1) is 5.76. The lowest BCUT2D eigenvalue weighted by molar-refractivity contribution is -0.0578. The molecule has 0 amide bonds. The third-order valence-corrected chi connectivity index (χ3v) is 3.94. The van der Waals surface area contributed by atoms with Gasteiger partial charge in [0.2, 0.25) is 0 Å². The van der Waals surface area contributed by atoms with Crippen LogP contribution >= 0.6 is 0 Å². The van der Waals surface area contributed by atoms with Crippen LogP contribution in [-0.4, -0.2) is 36.6 Å². The Morgan fingerprint density at radius 1 is 1.33 bits per heavy atom. The summed E-state index contributed by atoms with van der Waals surface area (Å²) in [5.74, 6) is 1.11. The van der Waals surface area contributed by atoms with E-state index < -0.39 is 0 Å². The van der Waals surface area contributed by atoms with Gasteiger partial charge in [-0.1, -0.05) is 0 Å². The molecule has 1 atom stereocenters. The fraction of sp³-hybridized carbons (Fsp3) is 1.00. The normalized spacial score (nSPS) is 51.8. The maximum Gasteiger partial charge on any atom is 0.0212 e. The summed E-state index contributed by atoms with van der Waals surface area (Å²) >= 11 is 0. The molecule has 0 aromatic rings. The van der Waals surface area contributed by atoms with E-state index in [9.17, 15) is 0 Å². The predicted octanol–water partition coefficient (Wildman–Crippen LogP) is 0.833. The first-order valence-electron chi connectivity index (χ1n) is 5.22. The average Bonchev–Trinajstić information content (AvgIpc) is 2.23. The van der Waals surface area contributed by atoms with Crippen LogP contribution in [0.1, 0.15) is 25.7 Å². The molecule has 1 N–H and O–H groups in total. The molecule has 0 spiro atoms. The topological polar surface area (TPSA) is 15.3 Å². The number of nitrogens with one attached hydrogen (secondary N) is 1. The van der Waals surface area contributed by atoms with Crippen LogP contribution in [0.2, 0.25) is 0 Å². The Morgan fingerprint density at radius 2 is 2.08 bits per heavy atom. The third kappa shape index (κ3) is 0.944. The molecule has 4 aliphatic rings. The fourth-order valence-corrected chi connectivity index (χ4v) is 3.14. The third-order valence-electron chi connectivity index (χ3n) is 3.94. The standard InChI is InChI=1S/C10H18N2/c1-12-3-2-9(7-12)11-10-4-8(5-10)6-10/h8-9,11H,2-7H2,1H3/t8?,9-,10?/m1/s1. The van der Waals surface area contributed by atoms with Crippen molar-refractivity contribution in [3.05, 3.63) is 0 Å². The van der Waals surface area contributed by atoms with Crippen molar-refractivity contribution in [2.75, 3.05) is 20.1 Å². The van der Waals surface area contributed by atoms with Gasteiger partial charge in [-0.2, -0.15) is 0 Å². The molecule has 3 aliphatic carbocycles. The molecule has 2 nitrogen and oxygen atoms in total. The summed E-state index contributed by atoms with van der Waals surface area (Å²) in [6.07, 6.45) is 5.80. The summed E-state index contributed by atoms with van der Waals surface area (Å²) in [4.78, 5) is 2.43. The van der Waals surface area contributed by atoms with Crippen LogP contribution in [0.5, 0.6) is 0 Å².